The van der Waals surface area contributed by atoms with Gasteiger partial charge in [0.2, 0.25) is 0 Å². The zero-order chi connectivity index (χ0) is 10.8. The fraction of sp³-hybridized carbons (Fsp3) is 0.600. The summed E-state index contributed by atoms with van der Waals surface area (Å²) in [6.07, 6.45) is 2.94. The smallest absolute Gasteiger partial charge is 0.314 e. The Hall–Kier alpha value is -0.680. The zero-order valence-corrected chi connectivity index (χ0v) is 10.2. The first-order valence-corrected chi connectivity index (χ1v) is 6.33. The number of fused-ring (bicyclic) bond motifs is 1. The van der Waals surface area contributed by atoms with Gasteiger partial charge in [-0.3, -0.25) is 4.79 Å². The zero-order valence-electron chi connectivity index (χ0n) is 8.54. The van der Waals surface area contributed by atoms with E-state index in [1.807, 2.05) is 6.92 Å². The number of thiazole rings is 1. The molecule has 0 aromatic carbocycles. The molecule has 1 aromatic rings. The molecule has 1 atom stereocenters. The number of nitrogens with one attached hydrogen (secondary N) is 1. The highest BCUT2D eigenvalue weighted by Gasteiger charge is 2.29. The van der Waals surface area contributed by atoms with Crippen LogP contribution in [0, 0.1) is 3.95 Å². The van der Waals surface area contributed by atoms with Gasteiger partial charge in [0, 0.05) is 10.6 Å². The minimum Gasteiger partial charge on any atom is -0.465 e. The van der Waals surface area contributed by atoms with Gasteiger partial charge in [-0.05, 0) is 38.4 Å². The predicted octanol–water partition coefficient (Wildman–Crippen LogP) is 2.79. The molecule has 2 rings (SSSR count). The number of ether oxygens (including phenoxy) is 1. The first kappa shape index (κ1) is 10.8. The molecule has 1 N–H and O–H groups in total. The van der Waals surface area contributed by atoms with Gasteiger partial charge < -0.3 is 9.72 Å². The fourth-order valence-electron chi connectivity index (χ4n) is 1.93. The normalized spacial score (nSPS) is 19.7. The van der Waals surface area contributed by atoms with Crippen LogP contribution in [0.2, 0.25) is 0 Å². The molecule has 0 amide bonds. The molecule has 1 heterocycles. The number of aromatic amines is 1. The van der Waals surface area contributed by atoms with Crippen LogP contribution >= 0.6 is 23.6 Å². The summed E-state index contributed by atoms with van der Waals surface area (Å²) >= 11 is 6.68. The molecule has 0 spiro atoms. The molecule has 3 nitrogen and oxygen atoms in total. The third-order valence-electron chi connectivity index (χ3n) is 2.57. The Kier molecular flexibility index (Phi) is 3.21. The molecule has 0 saturated carbocycles. The molecule has 0 saturated heterocycles. The van der Waals surface area contributed by atoms with E-state index in [1.54, 1.807) is 11.3 Å². The van der Waals surface area contributed by atoms with E-state index in [9.17, 15) is 4.79 Å². The second kappa shape index (κ2) is 4.45. The average Bonchev–Trinajstić information content (AvgIpc) is 2.57. The van der Waals surface area contributed by atoms with Crippen molar-refractivity contribution in [2.75, 3.05) is 6.61 Å². The van der Waals surface area contributed by atoms with Gasteiger partial charge in [-0.1, -0.05) is 0 Å². The minimum atomic E-state index is -0.123. The number of carbonyl (C=O) groups excluding carboxylic acids is 1. The van der Waals surface area contributed by atoms with Gasteiger partial charge >= 0.3 is 5.97 Å². The van der Waals surface area contributed by atoms with Crippen molar-refractivity contribution >= 4 is 29.5 Å². The summed E-state index contributed by atoms with van der Waals surface area (Å²) in [6, 6.07) is 0. The second-order valence-electron chi connectivity index (χ2n) is 3.55. The number of H-pyrrole nitrogens is 1. The molecule has 0 bridgehead atoms. The largest absolute Gasteiger partial charge is 0.465 e. The summed E-state index contributed by atoms with van der Waals surface area (Å²) in [7, 11) is 0. The molecule has 0 fully saturated rings. The first-order valence-electron chi connectivity index (χ1n) is 5.11. The molecular weight excluding hydrogens is 230 g/mol. The minimum absolute atomic E-state index is 0.123. The number of aryl methyl sites for hydroxylation is 1. The molecule has 82 valence electrons. The Bertz CT molecular complexity index is 421. The van der Waals surface area contributed by atoms with Crippen LogP contribution in [0.5, 0.6) is 0 Å². The van der Waals surface area contributed by atoms with Crippen molar-refractivity contribution in [3.05, 3.63) is 14.5 Å². The van der Waals surface area contributed by atoms with Crippen LogP contribution in [0.15, 0.2) is 0 Å². The highest BCUT2D eigenvalue weighted by molar-refractivity contribution is 7.73. The summed E-state index contributed by atoms with van der Waals surface area (Å²) in [6.45, 7) is 2.27. The lowest BCUT2D eigenvalue weighted by Gasteiger charge is -2.19. The van der Waals surface area contributed by atoms with E-state index in [-0.39, 0.29) is 11.9 Å². The van der Waals surface area contributed by atoms with Crippen LogP contribution in [0.3, 0.4) is 0 Å². The fourth-order valence-corrected chi connectivity index (χ4v) is 3.27. The van der Waals surface area contributed by atoms with Crippen LogP contribution in [0.1, 0.15) is 36.3 Å². The Balaban J connectivity index is 2.29. The Labute approximate surface area is 97.5 Å². The van der Waals surface area contributed by atoms with Crippen LogP contribution in [-0.2, 0) is 16.0 Å². The number of carbonyl (C=O) groups is 1. The number of aromatic nitrogens is 1. The third kappa shape index (κ3) is 2.13. The summed E-state index contributed by atoms with van der Waals surface area (Å²) in [5.74, 6) is -0.246. The van der Waals surface area contributed by atoms with E-state index in [0.717, 1.165) is 28.9 Å². The van der Waals surface area contributed by atoms with Crippen molar-refractivity contribution in [1.29, 1.82) is 0 Å². The molecule has 0 aliphatic heterocycles. The van der Waals surface area contributed by atoms with Gasteiger partial charge in [-0.2, -0.15) is 0 Å². The van der Waals surface area contributed by atoms with E-state index >= 15 is 0 Å². The van der Waals surface area contributed by atoms with Crippen molar-refractivity contribution in [3.63, 3.8) is 0 Å². The Morgan fingerprint density at radius 3 is 3.27 bits per heavy atom. The predicted molar refractivity (Wildman–Crippen MR) is 61.8 cm³/mol. The Morgan fingerprint density at radius 1 is 1.73 bits per heavy atom. The maximum absolute atomic E-state index is 11.7. The number of hydrogen-bond donors (Lipinski definition) is 1. The molecule has 1 aliphatic rings. The van der Waals surface area contributed by atoms with Gasteiger partial charge in [0.25, 0.3) is 0 Å². The molecule has 1 unspecified atom stereocenters. The second-order valence-corrected chi connectivity index (χ2v) is 5.32. The number of rotatable bonds is 2. The monoisotopic (exact) mass is 243 g/mol. The third-order valence-corrected chi connectivity index (χ3v) is 3.88. The van der Waals surface area contributed by atoms with Crippen LogP contribution < -0.4 is 0 Å². The highest BCUT2D eigenvalue weighted by atomic mass is 32.1. The van der Waals surface area contributed by atoms with Crippen LogP contribution in [-0.4, -0.2) is 17.6 Å². The molecule has 1 aliphatic carbocycles. The quantitative estimate of drug-likeness (QED) is 0.641. The van der Waals surface area contributed by atoms with E-state index in [2.05, 4.69) is 4.98 Å². The molecule has 15 heavy (non-hydrogen) atoms. The number of esters is 1. The summed E-state index contributed by atoms with van der Waals surface area (Å²) in [5.41, 5.74) is 0.995. The highest BCUT2D eigenvalue weighted by Crippen LogP contribution is 2.34. The van der Waals surface area contributed by atoms with Crippen molar-refractivity contribution in [3.8, 4) is 0 Å². The first-order chi connectivity index (χ1) is 7.22. The molecule has 1 aromatic heterocycles. The summed E-state index contributed by atoms with van der Waals surface area (Å²) in [5, 5.41) is 0. The van der Waals surface area contributed by atoms with Crippen LogP contribution in [0.4, 0.5) is 0 Å². The summed E-state index contributed by atoms with van der Waals surface area (Å²) in [4.78, 5) is 16.0. The maximum Gasteiger partial charge on any atom is 0.314 e. The standard InChI is InChI=1S/C10H13NO2S2/c1-2-13-9(12)6-4-3-5-7-8(6)11-10(14)15-7/h6H,2-5H2,1H3,(H,11,14). The maximum atomic E-state index is 11.7. The van der Waals surface area contributed by atoms with E-state index in [0.29, 0.717) is 6.61 Å². The molecule has 0 radical (unpaired) electrons. The molecule has 5 heteroatoms. The Morgan fingerprint density at radius 2 is 2.53 bits per heavy atom. The topological polar surface area (TPSA) is 42.1 Å². The van der Waals surface area contributed by atoms with Gasteiger partial charge in [0.1, 0.15) is 0 Å². The number of hydrogen-bond acceptors (Lipinski definition) is 4. The SMILES string of the molecule is CCOC(=O)C1CCCc2sc(=S)[nH]c21. The lowest BCUT2D eigenvalue weighted by atomic mass is 9.91. The van der Waals surface area contributed by atoms with Gasteiger partial charge in [-0.15, -0.1) is 11.3 Å². The van der Waals surface area contributed by atoms with Crippen molar-refractivity contribution in [2.24, 2.45) is 0 Å². The van der Waals surface area contributed by atoms with E-state index in [4.69, 9.17) is 17.0 Å². The summed E-state index contributed by atoms with van der Waals surface area (Å²) < 4.78 is 5.82. The van der Waals surface area contributed by atoms with Crippen LogP contribution in [0.25, 0.3) is 0 Å². The van der Waals surface area contributed by atoms with Gasteiger partial charge in [0.15, 0.2) is 3.95 Å². The van der Waals surface area contributed by atoms with E-state index in [1.165, 1.54) is 4.88 Å². The van der Waals surface area contributed by atoms with Gasteiger partial charge in [-0.25, -0.2) is 0 Å². The average molecular weight is 243 g/mol. The lowest BCUT2D eigenvalue weighted by Crippen LogP contribution is -2.20. The van der Waals surface area contributed by atoms with Crippen molar-refractivity contribution in [2.45, 2.75) is 32.1 Å². The molecular formula is C10H13NO2S2. The van der Waals surface area contributed by atoms with Crippen molar-refractivity contribution < 1.29 is 9.53 Å². The lowest BCUT2D eigenvalue weighted by molar-refractivity contribution is -0.145. The van der Waals surface area contributed by atoms with Crippen molar-refractivity contribution in [1.82, 2.24) is 4.98 Å². The van der Waals surface area contributed by atoms with Gasteiger partial charge in [0.05, 0.1) is 12.5 Å². The van der Waals surface area contributed by atoms with E-state index < -0.39 is 0 Å².